The molecule has 1 aromatic heterocycles. The molecule has 8 heteroatoms. The minimum Gasteiger partial charge on any atom is -0.367 e. The molecule has 0 aliphatic carbocycles. The summed E-state index contributed by atoms with van der Waals surface area (Å²) >= 11 is 0. The lowest BCUT2D eigenvalue weighted by Gasteiger charge is -2.34. The monoisotopic (exact) mass is 499 g/mol. The zero-order valence-corrected chi connectivity index (χ0v) is 20.8. The molecule has 2 heterocycles. The zero-order valence-electron chi connectivity index (χ0n) is 20.8. The van der Waals surface area contributed by atoms with Crippen molar-refractivity contribution in [3.05, 3.63) is 106 Å². The Labute approximate surface area is 215 Å². The number of benzene rings is 3. The highest BCUT2D eigenvalue weighted by atomic mass is 19.1. The van der Waals surface area contributed by atoms with Gasteiger partial charge in [0.15, 0.2) is 0 Å². The van der Waals surface area contributed by atoms with Crippen LogP contribution in [0.2, 0.25) is 0 Å². The second kappa shape index (κ2) is 10.8. The van der Waals surface area contributed by atoms with Gasteiger partial charge in [-0.15, -0.1) is 0 Å². The molecule has 0 bridgehead atoms. The molecule has 0 atom stereocenters. The minimum atomic E-state index is -0.499. The maximum absolute atomic E-state index is 15.3. The van der Waals surface area contributed by atoms with Crippen LogP contribution in [0.25, 0.3) is 10.9 Å². The highest BCUT2D eigenvalue weighted by molar-refractivity contribution is 5.93. The number of halogens is 1. The van der Waals surface area contributed by atoms with E-state index in [1.54, 1.807) is 12.3 Å². The van der Waals surface area contributed by atoms with Gasteiger partial charge in [-0.1, -0.05) is 60.7 Å². The fourth-order valence-electron chi connectivity index (χ4n) is 4.63. The van der Waals surface area contributed by atoms with E-state index in [-0.39, 0.29) is 11.1 Å². The van der Waals surface area contributed by atoms with E-state index in [0.29, 0.717) is 37.4 Å². The van der Waals surface area contributed by atoms with Crippen LogP contribution in [0.4, 0.5) is 20.6 Å². The fourth-order valence-corrected chi connectivity index (χ4v) is 4.63. The molecule has 190 valence electrons. The second-order valence-electron chi connectivity index (χ2n) is 9.39. The molecular formula is C29H30FN5O2. The van der Waals surface area contributed by atoms with Crippen molar-refractivity contribution in [3.8, 4) is 0 Å². The summed E-state index contributed by atoms with van der Waals surface area (Å²) in [5.41, 5.74) is 2.76. The quantitative estimate of drug-likeness (QED) is 0.416. The number of carbonyl (C=O) groups excluding carboxylic acids is 1. The summed E-state index contributed by atoms with van der Waals surface area (Å²) in [4.78, 5) is 30.3. The van der Waals surface area contributed by atoms with E-state index >= 15 is 4.39 Å². The van der Waals surface area contributed by atoms with Crippen molar-refractivity contribution in [3.63, 3.8) is 0 Å². The van der Waals surface area contributed by atoms with Gasteiger partial charge in [0, 0.05) is 45.5 Å². The number of pyridine rings is 1. The number of hydrogen-bond acceptors (Lipinski definition) is 4. The van der Waals surface area contributed by atoms with Crippen LogP contribution in [-0.2, 0) is 13.1 Å². The van der Waals surface area contributed by atoms with E-state index in [2.05, 4.69) is 22.6 Å². The summed E-state index contributed by atoms with van der Waals surface area (Å²) < 4.78 is 17.2. The molecule has 7 nitrogen and oxygen atoms in total. The van der Waals surface area contributed by atoms with Gasteiger partial charge in [-0.3, -0.25) is 4.79 Å². The first-order valence-corrected chi connectivity index (χ1v) is 12.4. The molecule has 0 unspecified atom stereocenters. The third kappa shape index (κ3) is 5.65. The summed E-state index contributed by atoms with van der Waals surface area (Å²) in [6.45, 7) is 3.89. The molecule has 2 N–H and O–H groups in total. The Morgan fingerprint density at radius 1 is 0.919 bits per heavy atom. The maximum atomic E-state index is 15.3. The largest absolute Gasteiger partial charge is 0.367 e. The number of anilines is 2. The van der Waals surface area contributed by atoms with E-state index < -0.39 is 17.3 Å². The fraction of sp³-hybridized carbons (Fsp3) is 0.241. The number of amides is 2. The Bertz CT molecular complexity index is 1450. The van der Waals surface area contributed by atoms with E-state index in [1.807, 2.05) is 70.1 Å². The van der Waals surface area contributed by atoms with Crippen LogP contribution in [0.15, 0.2) is 83.8 Å². The third-order valence-electron chi connectivity index (χ3n) is 6.73. The van der Waals surface area contributed by atoms with Crippen LogP contribution < -0.4 is 21.0 Å². The number of piperazine rings is 1. The zero-order chi connectivity index (χ0) is 25.8. The number of urea groups is 1. The van der Waals surface area contributed by atoms with Crippen LogP contribution in [-0.4, -0.2) is 48.7 Å². The lowest BCUT2D eigenvalue weighted by Crippen LogP contribution is -2.44. The standard InChI is InChI=1S/C29H30FN5O2/c1-33-12-14-34(15-13-33)27-17-26-23(16-24(27)30)28(36)25(20-35(26)19-22-10-6-3-7-11-22)32-29(37)31-18-21-8-4-2-5-9-21/h2-11,16-17,20H,12-15,18-19H2,1H3,(H2,31,32,37). The van der Waals surface area contributed by atoms with Crippen molar-refractivity contribution < 1.29 is 9.18 Å². The SMILES string of the molecule is CN1CCN(c2cc3c(cc2F)c(=O)c(NC(=O)NCc2ccccc2)cn3Cc2ccccc2)CC1. The number of fused-ring (bicyclic) bond motifs is 1. The molecule has 0 saturated carbocycles. The molecule has 0 spiro atoms. The molecule has 37 heavy (non-hydrogen) atoms. The number of nitrogens with one attached hydrogen (secondary N) is 2. The predicted octanol–water partition coefficient (Wildman–Crippen LogP) is 4.26. The lowest BCUT2D eigenvalue weighted by molar-refractivity contribution is 0.251. The number of nitrogens with zero attached hydrogens (tertiary/aromatic N) is 3. The summed E-state index contributed by atoms with van der Waals surface area (Å²) in [7, 11) is 2.05. The van der Waals surface area contributed by atoms with E-state index in [4.69, 9.17) is 0 Å². The summed E-state index contributed by atoms with van der Waals surface area (Å²) in [5.74, 6) is -0.439. The number of likely N-dealkylation sites (N-methyl/N-ethyl adjacent to an activating group) is 1. The van der Waals surface area contributed by atoms with Crippen LogP contribution in [0.1, 0.15) is 11.1 Å². The predicted molar refractivity (Wildman–Crippen MR) is 146 cm³/mol. The van der Waals surface area contributed by atoms with Gasteiger partial charge in [-0.05, 0) is 30.3 Å². The molecule has 0 radical (unpaired) electrons. The average Bonchev–Trinajstić information content (AvgIpc) is 2.92. The Kier molecular flexibility index (Phi) is 7.18. The van der Waals surface area contributed by atoms with Crippen molar-refractivity contribution in [2.24, 2.45) is 0 Å². The van der Waals surface area contributed by atoms with Gasteiger partial charge in [0.2, 0.25) is 5.43 Å². The molecule has 5 rings (SSSR count). The van der Waals surface area contributed by atoms with Crippen LogP contribution in [0, 0.1) is 5.82 Å². The van der Waals surface area contributed by atoms with Gasteiger partial charge in [-0.2, -0.15) is 0 Å². The summed E-state index contributed by atoms with van der Waals surface area (Å²) in [6.07, 6.45) is 1.64. The first-order chi connectivity index (χ1) is 18.0. The number of hydrogen-bond donors (Lipinski definition) is 2. The molecular weight excluding hydrogens is 469 g/mol. The van der Waals surface area contributed by atoms with E-state index in [1.165, 1.54) is 6.07 Å². The van der Waals surface area contributed by atoms with E-state index in [0.717, 1.165) is 24.2 Å². The Morgan fingerprint density at radius 2 is 1.57 bits per heavy atom. The molecule has 3 aromatic carbocycles. The summed E-state index contributed by atoms with van der Waals surface area (Å²) in [6, 6.07) is 21.9. The topological polar surface area (TPSA) is 69.6 Å². The molecule has 1 aliphatic rings. The van der Waals surface area contributed by atoms with Crippen LogP contribution in [0.3, 0.4) is 0 Å². The van der Waals surface area contributed by atoms with Gasteiger partial charge in [0.1, 0.15) is 11.5 Å². The first-order valence-electron chi connectivity index (χ1n) is 12.4. The minimum absolute atomic E-state index is 0.0979. The van der Waals surface area contributed by atoms with Gasteiger partial charge >= 0.3 is 6.03 Å². The highest BCUT2D eigenvalue weighted by Crippen LogP contribution is 2.27. The molecule has 1 aliphatic heterocycles. The normalized spacial score (nSPS) is 14.1. The maximum Gasteiger partial charge on any atom is 0.319 e. The Hall–Kier alpha value is -4.17. The van der Waals surface area contributed by atoms with Gasteiger partial charge in [-0.25, -0.2) is 9.18 Å². The van der Waals surface area contributed by atoms with Gasteiger partial charge in [0.05, 0.1) is 16.6 Å². The Morgan fingerprint density at radius 3 is 2.24 bits per heavy atom. The summed E-state index contributed by atoms with van der Waals surface area (Å²) in [5, 5.41) is 5.68. The van der Waals surface area contributed by atoms with Crippen LogP contribution >= 0.6 is 0 Å². The number of rotatable bonds is 6. The molecule has 2 amide bonds. The van der Waals surface area contributed by atoms with Crippen molar-refractivity contribution in [1.29, 1.82) is 0 Å². The van der Waals surface area contributed by atoms with Crippen molar-refractivity contribution in [2.45, 2.75) is 13.1 Å². The smallest absolute Gasteiger partial charge is 0.319 e. The molecule has 1 fully saturated rings. The van der Waals surface area contributed by atoms with E-state index in [9.17, 15) is 9.59 Å². The first kappa shape index (κ1) is 24.5. The average molecular weight is 500 g/mol. The number of aromatic nitrogens is 1. The van der Waals surface area contributed by atoms with Crippen molar-refractivity contribution >= 4 is 28.3 Å². The molecule has 4 aromatic rings. The van der Waals surface area contributed by atoms with Crippen LogP contribution in [0.5, 0.6) is 0 Å². The Balaban J connectivity index is 1.50. The second-order valence-corrected chi connectivity index (χ2v) is 9.39. The van der Waals surface area contributed by atoms with Crippen molar-refractivity contribution in [1.82, 2.24) is 14.8 Å². The van der Waals surface area contributed by atoms with Gasteiger partial charge < -0.3 is 25.0 Å². The highest BCUT2D eigenvalue weighted by Gasteiger charge is 2.21. The number of carbonyl (C=O) groups is 1. The lowest BCUT2D eigenvalue weighted by atomic mass is 10.1. The molecule has 1 saturated heterocycles. The van der Waals surface area contributed by atoms with Crippen molar-refractivity contribution in [2.75, 3.05) is 43.4 Å². The third-order valence-corrected chi connectivity index (χ3v) is 6.73. The van der Waals surface area contributed by atoms with Gasteiger partial charge in [0.25, 0.3) is 0 Å².